The number of alkyl halides is 2. The SMILES string of the molecule is CN(Cc1nc(-c2ccccc2OC(F)F)no1)C1CCS(=O)(=O)C1. The van der Waals surface area contributed by atoms with Gasteiger partial charge in [0, 0.05) is 6.04 Å². The first-order chi connectivity index (χ1) is 11.8. The molecule has 1 aliphatic heterocycles. The van der Waals surface area contributed by atoms with Crippen LogP contribution in [-0.2, 0) is 16.4 Å². The average molecular weight is 373 g/mol. The summed E-state index contributed by atoms with van der Waals surface area (Å²) in [5.74, 6) is 0.651. The summed E-state index contributed by atoms with van der Waals surface area (Å²) in [4.78, 5) is 6.04. The van der Waals surface area contributed by atoms with Crippen LogP contribution in [0.4, 0.5) is 8.78 Å². The summed E-state index contributed by atoms with van der Waals surface area (Å²) in [5, 5.41) is 3.81. The molecule has 0 saturated carbocycles. The highest BCUT2D eigenvalue weighted by atomic mass is 32.2. The molecule has 0 amide bonds. The summed E-state index contributed by atoms with van der Waals surface area (Å²) in [6, 6.07) is 6.07. The normalized spacial score (nSPS) is 19.6. The Morgan fingerprint density at radius 1 is 1.40 bits per heavy atom. The first-order valence-corrected chi connectivity index (χ1v) is 9.43. The lowest BCUT2D eigenvalue weighted by Gasteiger charge is -2.20. The summed E-state index contributed by atoms with van der Waals surface area (Å²) in [5.41, 5.74) is 0.295. The van der Waals surface area contributed by atoms with E-state index >= 15 is 0 Å². The second kappa shape index (κ2) is 7.04. The predicted molar refractivity (Wildman–Crippen MR) is 84.9 cm³/mol. The third-order valence-electron chi connectivity index (χ3n) is 4.03. The minimum Gasteiger partial charge on any atom is -0.434 e. The minimum atomic E-state index is -2.98. The number of halogens is 2. The van der Waals surface area contributed by atoms with Crippen LogP contribution >= 0.6 is 0 Å². The third kappa shape index (κ3) is 4.31. The van der Waals surface area contributed by atoms with E-state index in [1.807, 2.05) is 4.90 Å². The van der Waals surface area contributed by atoms with Gasteiger partial charge in [0.15, 0.2) is 9.84 Å². The van der Waals surface area contributed by atoms with Crippen molar-refractivity contribution in [3.63, 3.8) is 0 Å². The molecule has 0 N–H and O–H groups in total. The molecule has 2 heterocycles. The number of aromatic nitrogens is 2. The second-order valence-corrected chi connectivity index (χ2v) is 8.09. The van der Waals surface area contributed by atoms with Crippen LogP contribution in [0.2, 0.25) is 0 Å². The summed E-state index contributed by atoms with van der Waals surface area (Å²) in [6.07, 6.45) is 0.560. The summed E-state index contributed by atoms with van der Waals surface area (Å²) < 4.78 is 57.7. The molecule has 25 heavy (non-hydrogen) atoms. The first kappa shape index (κ1) is 17.7. The maximum atomic E-state index is 12.5. The summed E-state index contributed by atoms with van der Waals surface area (Å²) in [7, 11) is -1.20. The molecule has 1 aliphatic rings. The van der Waals surface area contributed by atoms with Crippen molar-refractivity contribution >= 4 is 9.84 Å². The fraction of sp³-hybridized carbons (Fsp3) is 0.467. The Bertz CT molecular complexity index is 841. The highest BCUT2D eigenvalue weighted by Gasteiger charge is 2.31. The van der Waals surface area contributed by atoms with Crippen LogP contribution in [0, 0.1) is 0 Å². The molecule has 2 aromatic rings. The zero-order valence-corrected chi connectivity index (χ0v) is 14.2. The zero-order chi connectivity index (χ0) is 18.0. The van der Waals surface area contributed by atoms with Crippen LogP contribution in [-0.4, -0.2) is 54.7 Å². The minimum absolute atomic E-state index is 0.0416. The number of sulfone groups is 1. The van der Waals surface area contributed by atoms with Crippen molar-refractivity contribution in [1.29, 1.82) is 0 Å². The molecular weight excluding hydrogens is 356 g/mol. The molecule has 0 radical (unpaired) electrons. The van der Waals surface area contributed by atoms with E-state index in [9.17, 15) is 17.2 Å². The van der Waals surface area contributed by atoms with Gasteiger partial charge in [0.25, 0.3) is 0 Å². The Balaban J connectivity index is 1.73. The van der Waals surface area contributed by atoms with Gasteiger partial charge >= 0.3 is 6.61 Å². The van der Waals surface area contributed by atoms with Gasteiger partial charge in [-0.1, -0.05) is 17.3 Å². The highest BCUT2D eigenvalue weighted by Crippen LogP contribution is 2.29. The van der Waals surface area contributed by atoms with Gasteiger partial charge in [-0.2, -0.15) is 13.8 Å². The molecule has 1 saturated heterocycles. The number of ether oxygens (including phenoxy) is 1. The Hall–Kier alpha value is -2.07. The van der Waals surface area contributed by atoms with Crippen molar-refractivity contribution in [2.75, 3.05) is 18.6 Å². The number of hydrogen-bond acceptors (Lipinski definition) is 7. The lowest BCUT2D eigenvalue weighted by Crippen LogP contribution is -2.32. The van der Waals surface area contributed by atoms with Crippen molar-refractivity contribution < 1.29 is 26.5 Å². The Morgan fingerprint density at radius 3 is 2.84 bits per heavy atom. The lowest BCUT2D eigenvalue weighted by atomic mass is 10.2. The molecule has 1 aromatic carbocycles. The topological polar surface area (TPSA) is 85.5 Å². The Labute approximate surface area is 143 Å². The number of nitrogens with zero attached hydrogens (tertiary/aromatic N) is 3. The third-order valence-corrected chi connectivity index (χ3v) is 5.78. The maximum Gasteiger partial charge on any atom is 0.387 e. The second-order valence-electron chi connectivity index (χ2n) is 5.86. The van der Waals surface area contributed by atoms with Crippen molar-refractivity contribution in [2.24, 2.45) is 0 Å². The van der Waals surface area contributed by atoms with Gasteiger partial charge in [0.1, 0.15) is 5.75 Å². The summed E-state index contributed by atoms with van der Waals surface area (Å²) >= 11 is 0. The molecule has 7 nitrogen and oxygen atoms in total. The van der Waals surface area contributed by atoms with Crippen LogP contribution < -0.4 is 4.74 Å². The molecule has 10 heteroatoms. The molecule has 1 atom stereocenters. The molecular formula is C15H17F2N3O4S. The number of hydrogen-bond donors (Lipinski definition) is 0. The zero-order valence-electron chi connectivity index (χ0n) is 13.4. The standard InChI is InChI=1S/C15H17F2N3O4S/c1-20(10-6-7-25(21,22)9-10)8-13-18-14(19-24-13)11-4-2-3-5-12(11)23-15(16)17/h2-5,10,15H,6-9H2,1H3. The van der Waals surface area contributed by atoms with Crippen LogP contribution in [0.25, 0.3) is 11.4 Å². The van der Waals surface area contributed by atoms with Gasteiger partial charge < -0.3 is 9.26 Å². The first-order valence-electron chi connectivity index (χ1n) is 7.61. The molecule has 1 aromatic heterocycles. The van der Waals surface area contributed by atoms with E-state index in [1.54, 1.807) is 25.2 Å². The molecule has 3 rings (SSSR count). The van der Waals surface area contributed by atoms with Gasteiger partial charge in [-0.25, -0.2) is 8.42 Å². The molecule has 136 valence electrons. The predicted octanol–water partition coefficient (Wildman–Crippen LogP) is 1.96. The summed E-state index contributed by atoms with van der Waals surface area (Å²) in [6.45, 7) is -2.69. The van der Waals surface area contributed by atoms with Gasteiger partial charge in [-0.15, -0.1) is 0 Å². The van der Waals surface area contributed by atoms with Gasteiger partial charge in [-0.3, -0.25) is 4.90 Å². The number of benzene rings is 1. The van der Waals surface area contributed by atoms with Crippen LogP contribution in [0.3, 0.4) is 0 Å². The van der Waals surface area contributed by atoms with Gasteiger partial charge in [0.05, 0.1) is 23.6 Å². The van der Waals surface area contributed by atoms with E-state index < -0.39 is 16.4 Å². The van der Waals surface area contributed by atoms with Crippen molar-refractivity contribution in [3.8, 4) is 17.1 Å². The van der Waals surface area contributed by atoms with E-state index in [0.717, 1.165) is 0 Å². The van der Waals surface area contributed by atoms with E-state index in [1.165, 1.54) is 6.07 Å². The monoisotopic (exact) mass is 373 g/mol. The van der Waals surface area contributed by atoms with Crippen molar-refractivity contribution in [1.82, 2.24) is 15.0 Å². The van der Waals surface area contributed by atoms with Crippen molar-refractivity contribution in [3.05, 3.63) is 30.2 Å². The number of para-hydroxylation sites is 1. The Morgan fingerprint density at radius 2 is 2.16 bits per heavy atom. The van der Waals surface area contributed by atoms with Crippen LogP contribution in [0.15, 0.2) is 28.8 Å². The fourth-order valence-corrected chi connectivity index (χ4v) is 4.55. The Kier molecular flexibility index (Phi) is 5.00. The largest absolute Gasteiger partial charge is 0.434 e. The lowest BCUT2D eigenvalue weighted by molar-refractivity contribution is -0.0494. The highest BCUT2D eigenvalue weighted by molar-refractivity contribution is 7.91. The van der Waals surface area contributed by atoms with E-state index in [-0.39, 0.29) is 41.6 Å². The van der Waals surface area contributed by atoms with Crippen LogP contribution in [0.5, 0.6) is 5.75 Å². The smallest absolute Gasteiger partial charge is 0.387 e. The molecule has 0 spiro atoms. The average Bonchev–Trinajstić information content (AvgIpc) is 3.13. The molecule has 1 unspecified atom stereocenters. The van der Waals surface area contributed by atoms with E-state index in [4.69, 9.17) is 4.52 Å². The molecule has 0 aliphatic carbocycles. The quantitative estimate of drug-likeness (QED) is 0.765. The molecule has 1 fully saturated rings. The maximum absolute atomic E-state index is 12.5. The van der Waals surface area contributed by atoms with Crippen molar-refractivity contribution in [2.45, 2.75) is 25.6 Å². The number of rotatable bonds is 6. The van der Waals surface area contributed by atoms with Gasteiger partial charge in [-0.05, 0) is 25.6 Å². The van der Waals surface area contributed by atoms with E-state index in [2.05, 4.69) is 14.9 Å². The van der Waals surface area contributed by atoms with E-state index in [0.29, 0.717) is 12.0 Å². The van der Waals surface area contributed by atoms with Gasteiger partial charge in [0.2, 0.25) is 11.7 Å². The van der Waals surface area contributed by atoms with Crippen LogP contribution in [0.1, 0.15) is 12.3 Å². The molecule has 0 bridgehead atoms. The fourth-order valence-electron chi connectivity index (χ4n) is 2.74.